The number of alkyl halides is 1. The number of rotatable bonds is 7. The summed E-state index contributed by atoms with van der Waals surface area (Å²) in [5, 5.41) is 16.8. The molecule has 10 nitrogen and oxygen atoms in total. The number of ether oxygens (including phenoxy) is 2. The van der Waals surface area contributed by atoms with Gasteiger partial charge in [-0.1, -0.05) is 17.7 Å². The van der Waals surface area contributed by atoms with Crippen LogP contribution >= 0.6 is 22.9 Å². The van der Waals surface area contributed by atoms with Gasteiger partial charge in [0.05, 0.1) is 37.6 Å². The molecule has 0 spiro atoms. The van der Waals surface area contributed by atoms with E-state index in [2.05, 4.69) is 20.5 Å². The minimum absolute atomic E-state index is 0.00477. The molecule has 1 saturated carbocycles. The van der Waals surface area contributed by atoms with Crippen molar-refractivity contribution < 1.29 is 27.4 Å². The number of anilines is 1. The quantitative estimate of drug-likeness (QED) is 0.317. The van der Waals surface area contributed by atoms with E-state index >= 15 is 4.39 Å². The van der Waals surface area contributed by atoms with Crippen molar-refractivity contribution in [3.63, 3.8) is 0 Å². The van der Waals surface area contributed by atoms with Gasteiger partial charge in [-0.25, -0.2) is 13.2 Å². The Kier molecular flexibility index (Phi) is 7.61. The van der Waals surface area contributed by atoms with Crippen LogP contribution in [0, 0.1) is 23.0 Å². The summed E-state index contributed by atoms with van der Waals surface area (Å²) in [6.07, 6.45) is 5.49. The van der Waals surface area contributed by atoms with Gasteiger partial charge in [-0.05, 0) is 50.3 Å². The maximum absolute atomic E-state index is 17.2. The van der Waals surface area contributed by atoms with Gasteiger partial charge in [0, 0.05) is 36.0 Å². The Balaban J connectivity index is 1.31. The molecule has 2 unspecified atom stereocenters. The van der Waals surface area contributed by atoms with Crippen molar-refractivity contribution in [2.75, 3.05) is 32.1 Å². The van der Waals surface area contributed by atoms with Crippen molar-refractivity contribution in [1.29, 1.82) is 5.26 Å². The number of nitrogen functional groups attached to an aromatic ring is 1. The van der Waals surface area contributed by atoms with E-state index in [1.54, 1.807) is 6.20 Å². The lowest BCUT2D eigenvalue weighted by molar-refractivity contribution is -0.110. The van der Waals surface area contributed by atoms with Crippen LogP contribution in [0.1, 0.15) is 44.1 Å². The van der Waals surface area contributed by atoms with Gasteiger partial charge >= 0.3 is 5.95 Å². The van der Waals surface area contributed by atoms with Crippen molar-refractivity contribution in [3.8, 4) is 22.9 Å². The second-order valence-corrected chi connectivity index (χ2v) is 14.3. The van der Waals surface area contributed by atoms with Crippen molar-refractivity contribution in [3.05, 3.63) is 57.1 Å². The van der Waals surface area contributed by atoms with Crippen molar-refractivity contribution in [2.24, 2.45) is 4.99 Å². The Morgan fingerprint density at radius 1 is 1.35 bits per heavy atom. The molecule has 48 heavy (non-hydrogen) atoms. The molecule has 1 aliphatic carbocycles. The number of nitriles is 1. The van der Waals surface area contributed by atoms with Gasteiger partial charge in [0.2, 0.25) is 6.41 Å². The van der Waals surface area contributed by atoms with Gasteiger partial charge in [0.25, 0.3) is 0 Å². The molecular formula is C33H31ClF3N7O3S. The van der Waals surface area contributed by atoms with Crippen molar-refractivity contribution in [1.82, 2.24) is 20.4 Å². The molecule has 0 radical (unpaired) electrons. The summed E-state index contributed by atoms with van der Waals surface area (Å²) in [6, 6.07) is 4.40. The lowest BCUT2D eigenvalue weighted by Crippen LogP contribution is -2.46. The van der Waals surface area contributed by atoms with E-state index in [0.717, 1.165) is 37.1 Å². The molecule has 5 heterocycles. The zero-order valence-corrected chi connectivity index (χ0v) is 27.2. The summed E-state index contributed by atoms with van der Waals surface area (Å²) in [6.45, 7) is 1.37. The number of nitrogens with one attached hydrogen (secondary N) is 2. The van der Waals surface area contributed by atoms with Crippen LogP contribution in [0.25, 0.3) is 27.0 Å². The molecular weight excluding hydrogens is 667 g/mol. The first-order chi connectivity index (χ1) is 23.2. The molecule has 2 aromatic carbocycles. The fourth-order valence-electron chi connectivity index (χ4n) is 8.14. The van der Waals surface area contributed by atoms with Crippen LogP contribution < -0.4 is 31.7 Å². The highest BCUT2D eigenvalue weighted by atomic mass is 35.5. The van der Waals surface area contributed by atoms with Gasteiger partial charge < -0.3 is 30.7 Å². The summed E-state index contributed by atoms with van der Waals surface area (Å²) in [7, 11) is 0. The smallest absolute Gasteiger partial charge is 0.302 e. The van der Waals surface area contributed by atoms with Crippen LogP contribution in [0.4, 0.5) is 18.2 Å². The molecule has 4 N–H and O–H groups in total. The van der Waals surface area contributed by atoms with Crippen molar-refractivity contribution in [2.45, 2.75) is 62.3 Å². The average molecular weight is 698 g/mol. The normalized spacial score (nSPS) is 26.1. The van der Waals surface area contributed by atoms with Crippen LogP contribution in [0.2, 0.25) is 5.02 Å². The summed E-state index contributed by atoms with van der Waals surface area (Å²) in [5.74, 6) is -1.16. The number of hydrogen-bond donors (Lipinski definition) is 3. The first kappa shape index (κ1) is 31.1. The third-order valence-corrected chi connectivity index (χ3v) is 11.7. The fourth-order valence-corrected chi connectivity index (χ4v) is 9.43. The Labute approximate surface area is 282 Å². The highest BCUT2D eigenvalue weighted by Crippen LogP contribution is 2.45. The number of nitrogens with zero attached hydrogens (tertiary/aromatic N) is 4. The Morgan fingerprint density at radius 2 is 2.21 bits per heavy atom. The zero-order valence-electron chi connectivity index (χ0n) is 25.6. The highest BCUT2D eigenvalue weighted by molar-refractivity contribution is 7.23. The number of halogens is 4. The monoisotopic (exact) mass is 697 g/mol. The van der Waals surface area contributed by atoms with Crippen LogP contribution in [-0.2, 0) is 9.53 Å². The molecule has 4 atom stereocenters. The lowest BCUT2D eigenvalue weighted by Gasteiger charge is -2.32. The molecule has 3 aromatic rings. The van der Waals surface area contributed by atoms with Gasteiger partial charge in [-0.2, -0.15) is 5.26 Å². The Hall–Kier alpha value is -4.19. The van der Waals surface area contributed by atoms with E-state index in [4.69, 9.17) is 26.8 Å². The molecule has 1 aromatic heterocycles. The molecule has 4 aliphatic heterocycles. The van der Waals surface area contributed by atoms with E-state index in [-0.39, 0.29) is 84.4 Å². The maximum Gasteiger partial charge on any atom is 0.302 e. The molecule has 5 aliphatic rings. The van der Waals surface area contributed by atoms with Gasteiger partial charge in [-0.15, -0.1) is 11.3 Å². The minimum atomic E-state index is -0.961. The molecule has 2 saturated heterocycles. The molecule has 3 fully saturated rings. The van der Waals surface area contributed by atoms with E-state index < -0.39 is 23.3 Å². The van der Waals surface area contributed by atoms with Gasteiger partial charge in [0.15, 0.2) is 11.6 Å². The van der Waals surface area contributed by atoms with Crippen LogP contribution in [0.15, 0.2) is 29.3 Å². The number of fused-ring (bicyclic) bond motifs is 2. The molecule has 15 heteroatoms. The van der Waals surface area contributed by atoms with E-state index in [1.807, 2.05) is 11.0 Å². The number of benzene rings is 2. The second kappa shape index (κ2) is 11.7. The molecule has 1 amide bonds. The number of amides is 1. The topological polar surface area (TPSA) is 128 Å². The largest absolute Gasteiger partial charge is 0.462 e. The highest BCUT2D eigenvalue weighted by Gasteiger charge is 2.49. The minimum Gasteiger partial charge on any atom is -0.462 e. The average Bonchev–Trinajstić information content (AvgIpc) is 3.81. The van der Waals surface area contributed by atoms with Crippen molar-refractivity contribution >= 4 is 50.3 Å². The number of carbonyl (C=O) groups excluding carboxylic acids is 1. The summed E-state index contributed by atoms with van der Waals surface area (Å²) < 4.78 is 59.6. The number of thiophene rings is 1. The summed E-state index contributed by atoms with van der Waals surface area (Å²) >= 11 is 7.92. The lowest BCUT2D eigenvalue weighted by atomic mass is 9.95. The Bertz CT molecular complexity index is 2070. The van der Waals surface area contributed by atoms with E-state index in [1.165, 1.54) is 12.1 Å². The molecule has 0 bridgehead atoms. The SMILES string of the molecule is N#Cc1c(N)sc2c(F)ccc(-c3c(F)c4c5c(c3Cl)=NCNC=5N(C3CCC(NC=O)C3)C=C(OC[C@@]35CCCN3C[C@H](F)C5)O4)c12. The standard InChI is InChI=1S/C33H31ClF3N7O3S/c34-26-24(19-4-5-21(36)30-23(19)20(10-38)31(39)48-30)27(37)29-25-28(26)40-14-41-32(25)44(18-3-2-17(8-18)42-15-45)12-22(47-29)46-13-33-6-1-7-43(33)11-16(35)9-33/h4-5,12,15-18,41H,1-3,6-9,11,13-14,39H2,(H,42,45)/t16-,17?,18?,33+/m1/s1. The first-order valence-electron chi connectivity index (χ1n) is 15.9. The van der Waals surface area contributed by atoms with Crippen LogP contribution in [-0.4, -0.2) is 66.4 Å². The van der Waals surface area contributed by atoms with E-state index in [9.17, 15) is 18.8 Å². The molecule has 250 valence electrons. The fraction of sp³-hybridized carbons (Fsp3) is 0.424. The summed E-state index contributed by atoms with van der Waals surface area (Å²) in [5.41, 5.74) is 5.67. The predicted octanol–water partition coefficient (Wildman–Crippen LogP) is 3.95. The number of carbonyl (C=O) groups is 1. The number of nitrogens with two attached hydrogens (primary N) is 1. The third kappa shape index (κ3) is 4.77. The summed E-state index contributed by atoms with van der Waals surface area (Å²) in [4.78, 5) is 19.9. The van der Waals surface area contributed by atoms with Crippen LogP contribution in [0.3, 0.4) is 0 Å². The zero-order chi connectivity index (χ0) is 33.3. The first-order valence-corrected chi connectivity index (χ1v) is 17.1. The van der Waals surface area contributed by atoms with Gasteiger partial charge in [-0.3, -0.25) is 14.7 Å². The predicted molar refractivity (Wildman–Crippen MR) is 174 cm³/mol. The third-order valence-electron chi connectivity index (χ3n) is 10.3. The Morgan fingerprint density at radius 3 is 3.02 bits per heavy atom. The second-order valence-electron chi connectivity index (χ2n) is 12.9. The maximum atomic E-state index is 17.2. The molecule has 8 rings (SSSR count). The number of hydrogen-bond acceptors (Lipinski definition) is 10. The van der Waals surface area contributed by atoms with E-state index in [0.29, 0.717) is 38.0 Å². The van der Waals surface area contributed by atoms with Crippen LogP contribution in [0.5, 0.6) is 5.75 Å². The van der Waals surface area contributed by atoms with Gasteiger partial charge in [0.1, 0.15) is 42.2 Å².